The van der Waals surface area contributed by atoms with Crippen LogP contribution in [0.5, 0.6) is 0 Å². The van der Waals surface area contributed by atoms with E-state index in [1.54, 1.807) is 23.1 Å². The summed E-state index contributed by atoms with van der Waals surface area (Å²) in [6.45, 7) is 0. The molecule has 0 aromatic carbocycles. The highest BCUT2D eigenvalue weighted by Gasteiger charge is 2.04. The predicted molar refractivity (Wildman–Crippen MR) is 59.1 cm³/mol. The number of carbonyl (C=O) groups is 1. The SMILES string of the molecule is CSCC(=O)Cc1cc(Br)cs1. The van der Waals surface area contributed by atoms with Gasteiger partial charge in [0.25, 0.3) is 0 Å². The third-order valence-corrected chi connectivity index (χ3v) is 3.61. The van der Waals surface area contributed by atoms with Crippen LogP contribution in [-0.2, 0) is 11.2 Å². The molecule has 0 N–H and O–H groups in total. The molecular formula is C8H9BrOS2. The summed E-state index contributed by atoms with van der Waals surface area (Å²) in [6.07, 6.45) is 2.53. The Labute approximate surface area is 88.7 Å². The third-order valence-electron chi connectivity index (χ3n) is 1.30. The van der Waals surface area contributed by atoms with E-state index < -0.39 is 0 Å². The molecule has 12 heavy (non-hydrogen) atoms. The molecule has 0 atom stereocenters. The van der Waals surface area contributed by atoms with Crippen LogP contribution in [0.3, 0.4) is 0 Å². The molecule has 66 valence electrons. The van der Waals surface area contributed by atoms with Crippen LogP contribution < -0.4 is 0 Å². The zero-order valence-corrected chi connectivity index (χ0v) is 9.89. The zero-order valence-electron chi connectivity index (χ0n) is 6.67. The minimum Gasteiger partial charge on any atom is -0.298 e. The summed E-state index contributed by atoms with van der Waals surface area (Å²) >= 11 is 6.56. The molecule has 0 fully saturated rings. The lowest BCUT2D eigenvalue weighted by Gasteiger charge is -1.93. The summed E-state index contributed by atoms with van der Waals surface area (Å²) in [4.78, 5) is 12.3. The number of rotatable bonds is 4. The molecule has 0 aliphatic carbocycles. The smallest absolute Gasteiger partial charge is 0.147 e. The second kappa shape index (κ2) is 5.04. The van der Waals surface area contributed by atoms with Crippen LogP contribution in [0.25, 0.3) is 0 Å². The number of halogens is 1. The lowest BCUT2D eigenvalue weighted by atomic mass is 10.3. The molecule has 1 nitrogen and oxygen atoms in total. The van der Waals surface area contributed by atoms with Gasteiger partial charge < -0.3 is 0 Å². The maximum atomic E-state index is 11.2. The largest absolute Gasteiger partial charge is 0.298 e. The monoisotopic (exact) mass is 264 g/mol. The van der Waals surface area contributed by atoms with Gasteiger partial charge in [-0.1, -0.05) is 0 Å². The fourth-order valence-corrected chi connectivity index (χ4v) is 2.76. The van der Waals surface area contributed by atoms with Gasteiger partial charge in [0.1, 0.15) is 5.78 Å². The molecule has 0 saturated heterocycles. The summed E-state index contributed by atoms with van der Waals surface area (Å²) in [5, 5.41) is 2.00. The van der Waals surface area contributed by atoms with Crippen LogP contribution in [0, 0.1) is 0 Å². The average Bonchev–Trinajstić information content (AvgIpc) is 2.36. The summed E-state index contributed by atoms with van der Waals surface area (Å²) in [7, 11) is 0. The predicted octanol–water partition coefficient (Wildman–Crippen LogP) is 2.99. The van der Waals surface area contributed by atoms with Gasteiger partial charge in [-0.05, 0) is 28.3 Å². The van der Waals surface area contributed by atoms with E-state index in [0.29, 0.717) is 18.0 Å². The Balaban J connectivity index is 2.46. The first-order valence-corrected chi connectivity index (χ1v) is 6.52. The molecule has 0 aliphatic heterocycles. The van der Waals surface area contributed by atoms with Gasteiger partial charge in [-0.3, -0.25) is 4.79 Å². The summed E-state index contributed by atoms with van der Waals surface area (Å²) < 4.78 is 1.07. The van der Waals surface area contributed by atoms with Crippen molar-refractivity contribution in [3.63, 3.8) is 0 Å². The molecule has 0 spiro atoms. The van der Waals surface area contributed by atoms with Crippen molar-refractivity contribution in [2.24, 2.45) is 0 Å². The number of thioether (sulfide) groups is 1. The van der Waals surface area contributed by atoms with Crippen LogP contribution in [0.4, 0.5) is 0 Å². The Morgan fingerprint density at radius 3 is 3.00 bits per heavy atom. The van der Waals surface area contributed by atoms with E-state index in [4.69, 9.17) is 0 Å². The number of hydrogen-bond acceptors (Lipinski definition) is 3. The highest BCUT2D eigenvalue weighted by molar-refractivity contribution is 9.10. The van der Waals surface area contributed by atoms with E-state index in [1.165, 1.54) is 0 Å². The molecule has 1 rings (SSSR count). The van der Waals surface area contributed by atoms with Gasteiger partial charge in [-0.15, -0.1) is 11.3 Å². The summed E-state index contributed by atoms with van der Waals surface area (Å²) in [5.41, 5.74) is 0. The highest BCUT2D eigenvalue weighted by atomic mass is 79.9. The molecule has 0 saturated carbocycles. The van der Waals surface area contributed by atoms with Crippen molar-refractivity contribution in [3.05, 3.63) is 20.8 Å². The number of hydrogen-bond donors (Lipinski definition) is 0. The summed E-state index contributed by atoms with van der Waals surface area (Å²) in [5.74, 6) is 0.923. The Morgan fingerprint density at radius 2 is 2.50 bits per heavy atom. The first-order chi connectivity index (χ1) is 5.72. The molecular weight excluding hydrogens is 256 g/mol. The fraction of sp³-hybridized carbons (Fsp3) is 0.375. The molecule has 0 unspecified atom stereocenters. The zero-order chi connectivity index (χ0) is 8.97. The van der Waals surface area contributed by atoms with Crippen LogP contribution in [0.1, 0.15) is 4.88 Å². The standard InChI is InChI=1S/C8H9BrOS2/c1-11-5-7(10)3-8-2-6(9)4-12-8/h2,4H,3,5H2,1H3. The van der Waals surface area contributed by atoms with Crippen LogP contribution >= 0.6 is 39.0 Å². The summed E-state index contributed by atoms with van der Waals surface area (Å²) in [6, 6.07) is 2.00. The van der Waals surface area contributed by atoms with Crippen LogP contribution in [0.15, 0.2) is 15.9 Å². The molecule has 1 aromatic heterocycles. The third kappa shape index (κ3) is 3.29. The van der Waals surface area contributed by atoms with Gasteiger partial charge in [0.05, 0.1) is 5.75 Å². The van der Waals surface area contributed by atoms with Crippen molar-refractivity contribution < 1.29 is 4.79 Å². The van der Waals surface area contributed by atoms with E-state index in [1.807, 2.05) is 17.7 Å². The van der Waals surface area contributed by atoms with E-state index in [0.717, 1.165) is 9.35 Å². The Bertz CT molecular complexity index is 270. The lowest BCUT2D eigenvalue weighted by Crippen LogP contribution is -2.03. The fourth-order valence-electron chi connectivity index (χ4n) is 0.853. The minimum absolute atomic E-state index is 0.303. The second-order valence-corrected chi connectivity index (χ2v) is 5.16. The average molecular weight is 265 g/mol. The first kappa shape index (κ1) is 10.3. The van der Waals surface area contributed by atoms with Gasteiger partial charge in [0.15, 0.2) is 0 Å². The van der Waals surface area contributed by atoms with Gasteiger partial charge in [-0.2, -0.15) is 11.8 Å². The molecule has 0 radical (unpaired) electrons. The van der Waals surface area contributed by atoms with Crippen molar-refractivity contribution in [1.82, 2.24) is 0 Å². The Kier molecular flexibility index (Phi) is 4.32. The van der Waals surface area contributed by atoms with E-state index in [9.17, 15) is 4.79 Å². The Morgan fingerprint density at radius 1 is 1.75 bits per heavy atom. The van der Waals surface area contributed by atoms with E-state index in [-0.39, 0.29) is 0 Å². The van der Waals surface area contributed by atoms with Crippen molar-refractivity contribution in [2.45, 2.75) is 6.42 Å². The molecule has 1 heterocycles. The molecule has 0 aliphatic rings. The van der Waals surface area contributed by atoms with E-state index >= 15 is 0 Å². The van der Waals surface area contributed by atoms with Crippen LogP contribution in [-0.4, -0.2) is 17.8 Å². The molecule has 4 heteroatoms. The highest BCUT2D eigenvalue weighted by Crippen LogP contribution is 2.20. The van der Waals surface area contributed by atoms with Gasteiger partial charge >= 0.3 is 0 Å². The maximum Gasteiger partial charge on any atom is 0.147 e. The van der Waals surface area contributed by atoms with Crippen molar-refractivity contribution in [1.29, 1.82) is 0 Å². The number of Topliss-reactive ketones (excluding diaryl/α,β-unsaturated/α-hetero) is 1. The second-order valence-electron chi connectivity index (χ2n) is 2.38. The minimum atomic E-state index is 0.303. The topological polar surface area (TPSA) is 17.1 Å². The number of ketones is 1. The number of carbonyl (C=O) groups excluding carboxylic acids is 1. The van der Waals surface area contributed by atoms with Crippen molar-refractivity contribution in [3.8, 4) is 0 Å². The quantitative estimate of drug-likeness (QED) is 0.832. The molecule has 0 amide bonds. The molecule has 1 aromatic rings. The first-order valence-electron chi connectivity index (χ1n) is 3.46. The van der Waals surface area contributed by atoms with Gasteiger partial charge in [0, 0.05) is 21.2 Å². The normalized spacial score (nSPS) is 10.2. The maximum absolute atomic E-state index is 11.2. The van der Waals surface area contributed by atoms with Gasteiger partial charge in [0.2, 0.25) is 0 Å². The van der Waals surface area contributed by atoms with E-state index in [2.05, 4.69) is 15.9 Å². The molecule has 0 bridgehead atoms. The number of thiophene rings is 1. The lowest BCUT2D eigenvalue weighted by molar-refractivity contribution is -0.115. The van der Waals surface area contributed by atoms with Crippen molar-refractivity contribution >= 4 is 44.8 Å². The van der Waals surface area contributed by atoms with Crippen LogP contribution in [0.2, 0.25) is 0 Å². The van der Waals surface area contributed by atoms with Gasteiger partial charge in [-0.25, -0.2) is 0 Å². The van der Waals surface area contributed by atoms with Crippen molar-refractivity contribution in [2.75, 3.05) is 12.0 Å². The Hall–Kier alpha value is 0.200.